The molecular formula is C28H28N2O4. The summed E-state index contributed by atoms with van der Waals surface area (Å²) in [6.07, 6.45) is 2.06. The van der Waals surface area contributed by atoms with E-state index in [-0.39, 0.29) is 30.9 Å². The minimum Gasteiger partial charge on any atom is -0.456 e. The molecule has 6 nitrogen and oxygen atoms in total. The van der Waals surface area contributed by atoms with E-state index in [0.717, 1.165) is 24.0 Å². The zero-order valence-corrected chi connectivity index (χ0v) is 18.9. The molecule has 0 bridgehead atoms. The maximum absolute atomic E-state index is 12.7. The zero-order chi connectivity index (χ0) is 23.8. The van der Waals surface area contributed by atoms with Gasteiger partial charge in [-0.1, -0.05) is 78.9 Å². The van der Waals surface area contributed by atoms with Gasteiger partial charge in [-0.25, -0.2) is 0 Å². The Bertz CT molecular complexity index is 1100. The number of benzene rings is 3. The Kier molecular flexibility index (Phi) is 7.71. The van der Waals surface area contributed by atoms with Gasteiger partial charge in [0.2, 0.25) is 0 Å². The average molecular weight is 457 g/mol. The van der Waals surface area contributed by atoms with Gasteiger partial charge in [-0.2, -0.15) is 0 Å². The highest BCUT2D eigenvalue weighted by Crippen LogP contribution is 2.40. The normalized spacial score (nSPS) is 14.5. The number of amides is 2. The predicted octanol–water partition coefficient (Wildman–Crippen LogP) is 4.36. The van der Waals surface area contributed by atoms with E-state index in [9.17, 15) is 14.4 Å². The van der Waals surface area contributed by atoms with Gasteiger partial charge in [0.1, 0.15) is 0 Å². The van der Waals surface area contributed by atoms with Crippen molar-refractivity contribution in [1.82, 2.24) is 10.6 Å². The maximum atomic E-state index is 12.7. The second-order valence-electron chi connectivity index (χ2n) is 8.46. The highest BCUT2D eigenvalue weighted by molar-refractivity contribution is 5.94. The van der Waals surface area contributed by atoms with Crippen LogP contribution in [-0.2, 0) is 14.3 Å². The molecule has 6 heteroatoms. The molecule has 0 heterocycles. The molecule has 34 heavy (non-hydrogen) atoms. The maximum Gasteiger partial charge on any atom is 0.308 e. The van der Waals surface area contributed by atoms with E-state index in [1.54, 1.807) is 24.3 Å². The van der Waals surface area contributed by atoms with E-state index < -0.39 is 12.0 Å². The third kappa shape index (κ3) is 6.54. The van der Waals surface area contributed by atoms with Crippen LogP contribution in [0, 0.1) is 5.92 Å². The smallest absolute Gasteiger partial charge is 0.308 e. The number of hydrogen-bond donors (Lipinski definition) is 2. The van der Waals surface area contributed by atoms with Crippen molar-refractivity contribution in [2.75, 3.05) is 6.61 Å². The van der Waals surface area contributed by atoms with E-state index in [1.807, 2.05) is 66.7 Å². The lowest BCUT2D eigenvalue weighted by Crippen LogP contribution is -2.34. The molecule has 0 aliphatic heterocycles. The molecule has 2 atom stereocenters. The van der Waals surface area contributed by atoms with Crippen molar-refractivity contribution in [1.29, 1.82) is 0 Å². The summed E-state index contributed by atoms with van der Waals surface area (Å²) in [5.74, 6) is -0.758. The Labute approximate surface area is 199 Å². The van der Waals surface area contributed by atoms with Crippen molar-refractivity contribution in [3.05, 3.63) is 108 Å². The summed E-state index contributed by atoms with van der Waals surface area (Å²) >= 11 is 0. The molecule has 0 saturated heterocycles. The van der Waals surface area contributed by atoms with Crippen molar-refractivity contribution < 1.29 is 19.1 Å². The summed E-state index contributed by atoms with van der Waals surface area (Å²) in [6, 6.07) is 27.2. The van der Waals surface area contributed by atoms with Crippen LogP contribution in [0.1, 0.15) is 52.8 Å². The van der Waals surface area contributed by atoms with Crippen LogP contribution >= 0.6 is 0 Å². The van der Waals surface area contributed by atoms with Crippen molar-refractivity contribution in [3.63, 3.8) is 0 Å². The largest absolute Gasteiger partial charge is 0.456 e. The van der Waals surface area contributed by atoms with Gasteiger partial charge in [0.05, 0.1) is 18.5 Å². The van der Waals surface area contributed by atoms with Crippen LogP contribution < -0.4 is 10.6 Å². The molecule has 2 amide bonds. The third-order valence-corrected chi connectivity index (χ3v) is 5.85. The first kappa shape index (κ1) is 23.2. The van der Waals surface area contributed by atoms with E-state index in [0.29, 0.717) is 11.5 Å². The number of ether oxygens (including phenoxy) is 1. The van der Waals surface area contributed by atoms with Crippen molar-refractivity contribution in [2.24, 2.45) is 5.92 Å². The molecular weight excluding hydrogens is 428 g/mol. The zero-order valence-electron chi connectivity index (χ0n) is 18.9. The van der Waals surface area contributed by atoms with Crippen LogP contribution in [0.4, 0.5) is 0 Å². The van der Waals surface area contributed by atoms with Crippen LogP contribution in [0.25, 0.3) is 0 Å². The van der Waals surface area contributed by atoms with Crippen LogP contribution in [0.3, 0.4) is 0 Å². The lowest BCUT2D eigenvalue weighted by molar-refractivity contribution is -0.149. The Balaban J connectivity index is 1.34. The summed E-state index contributed by atoms with van der Waals surface area (Å²) in [5.41, 5.74) is 2.34. The van der Waals surface area contributed by atoms with Crippen molar-refractivity contribution in [3.8, 4) is 0 Å². The minimum atomic E-state index is -0.576. The number of nitrogens with one attached hydrogen (secondary N) is 2. The summed E-state index contributed by atoms with van der Waals surface area (Å²) in [5, 5.41) is 5.91. The molecule has 0 spiro atoms. The van der Waals surface area contributed by atoms with Gasteiger partial charge >= 0.3 is 5.97 Å². The van der Waals surface area contributed by atoms with Gasteiger partial charge in [-0.3, -0.25) is 14.4 Å². The minimum absolute atomic E-state index is 0.0744. The van der Waals surface area contributed by atoms with Gasteiger partial charge in [-0.15, -0.1) is 0 Å². The van der Waals surface area contributed by atoms with Crippen molar-refractivity contribution >= 4 is 17.8 Å². The quantitative estimate of drug-likeness (QED) is 0.444. The molecule has 1 aliphatic carbocycles. The first-order valence-corrected chi connectivity index (χ1v) is 11.5. The average Bonchev–Trinajstić information content (AvgIpc) is 3.72. The molecule has 4 rings (SSSR count). The number of rotatable bonds is 10. The lowest BCUT2D eigenvalue weighted by Gasteiger charge is -2.20. The Hall–Kier alpha value is -3.93. The van der Waals surface area contributed by atoms with Gasteiger partial charge in [0.15, 0.2) is 6.61 Å². The standard InChI is InChI=1S/C28H28N2O4/c31-25(30-27(22-16-17-22)21-12-6-2-7-13-21)19-34-26(32)18-24(20-10-4-1-5-11-20)29-28(33)23-14-8-3-9-15-23/h1-15,22,24,27H,16-19H2,(H,29,33)(H,30,31). The van der Waals surface area contributed by atoms with Gasteiger partial charge in [0.25, 0.3) is 11.8 Å². The summed E-state index contributed by atoms with van der Waals surface area (Å²) < 4.78 is 5.28. The molecule has 3 aromatic rings. The summed E-state index contributed by atoms with van der Waals surface area (Å²) in [7, 11) is 0. The monoisotopic (exact) mass is 456 g/mol. The second kappa shape index (κ2) is 11.3. The van der Waals surface area contributed by atoms with E-state index >= 15 is 0 Å². The summed E-state index contributed by atoms with van der Waals surface area (Å²) in [4.78, 5) is 37.8. The SMILES string of the molecule is O=C(COC(=O)CC(NC(=O)c1ccccc1)c1ccccc1)NC(c1ccccc1)C1CC1. The fourth-order valence-corrected chi connectivity index (χ4v) is 3.92. The topological polar surface area (TPSA) is 84.5 Å². The van der Waals surface area contributed by atoms with E-state index in [4.69, 9.17) is 4.74 Å². The fraction of sp³-hybridized carbons (Fsp3) is 0.250. The molecule has 2 unspecified atom stereocenters. The number of hydrogen-bond acceptors (Lipinski definition) is 4. The van der Waals surface area contributed by atoms with E-state index in [2.05, 4.69) is 10.6 Å². The van der Waals surface area contributed by atoms with Crippen LogP contribution in [-0.4, -0.2) is 24.4 Å². The third-order valence-electron chi connectivity index (χ3n) is 5.85. The number of carbonyl (C=O) groups excluding carboxylic acids is 3. The highest BCUT2D eigenvalue weighted by Gasteiger charge is 2.33. The molecule has 0 radical (unpaired) electrons. The predicted molar refractivity (Wildman–Crippen MR) is 129 cm³/mol. The van der Waals surface area contributed by atoms with Crippen molar-refractivity contribution in [2.45, 2.75) is 31.3 Å². The summed E-state index contributed by atoms with van der Waals surface area (Å²) in [6.45, 7) is -0.358. The molecule has 0 aromatic heterocycles. The van der Waals surface area contributed by atoms with E-state index in [1.165, 1.54) is 0 Å². The molecule has 1 fully saturated rings. The molecule has 2 N–H and O–H groups in total. The number of carbonyl (C=O) groups is 3. The van der Waals surface area contributed by atoms with Gasteiger partial charge < -0.3 is 15.4 Å². The second-order valence-corrected chi connectivity index (χ2v) is 8.46. The van der Waals surface area contributed by atoms with Crippen LogP contribution in [0.5, 0.6) is 0 Å². The van der Waals surface area contributed by atoms with Gasteiger partial charge in [-0.05, 0) is 42.0 Å². The Morgan fingerprint density at radius 2 is 1.32 bits per heavy atom. The first-order chi connectivity index (χ1) is 16.6. The molecule has 3 aromatic carbocycles. The van der Waals surface area contributed by atoms with Gasteiger partial charge in [0, 0.05) is 5.56 Å². The fourth-order valence-electron chi connectivity index (χ4n) is 3.92. The number of esters is 1. The molecule has 174 valence electrons. The lowest BCUT2D eigenvalue weighted by atomic mass is 10.0. The van der Waals surface area contributed by atoms with Crippen LogP contribution in [0.15, 0.2) is 91.0 Å². The Morgan fingerprint density at radius 3 is 1.91 bits per heavy atom. The molecule has 1 aliphatic rings. The molecule has 1 saturated carbocycles. The van der Waals surface area contributed by atoms with Crippen LogP contribution in [0.2, 0.25) is 0 Å². The first-order valence-electron chi connectivity index (χ1n) is 11.5. The Morgan fingerprint density at radius 1 is 0.765 bits per heavy atom. The highest BCUT2D eigenvalue weighted by atomic mass is 16.5.